The summed E-state index contributed by atoms with van der Waals surface area (Å²) in [5, 5.41) is 1.44. The molecule has 0 amide bonds. The van der Waals surface area contributed by atoms with Gasteiger partial charge in [-0.3, -0.25) is 0 Å². The van der Waals surface area contributed by atoms with Crippen LogP contribution in [0.15, 0.2) is 29.3 Å². The first-order chi connectivity index (χ1) is 8.39. The molecule has 3 heteroatoms. The van der Waals surface area contributed by atoms with Gasteiger partial charge in [0.1, 0.15) is 12.6 Å². The third kappa shape index (κ3) is 2.75. The maximum atomic E-state index is 5.78. The summed E-state index contributed by atoms with van der Waals surface area (Å²) in [6.45, 7) is 11.7. The predicted molar refractivity (Wildman–Crippen MR) is 80.4 cm³/mol. The van der Waals surface area contributed by atoms with Crippen molar-refractivity contribution >= 4 is 19.1 Å². The van der Waals surface area contributed by atoms with Crippen LogP contribution < -0.4 is 5.30 Å². The molecule has 0 bridgehead atoms. The lowest BCUT2D eigenvalue weighted by Crippen LogP contribution is -2.20. The highest BCUT2D eigenvalue weighted by molar-refractivity contribution is 7.64. The van der Waals surface area contributed by atoms with E-state index < -0.39 is 0 Å². The fourth-order valence-corrected chi connectivity index (χ4v) is 3.24. The summed E-state index contributed by atoms with van der Waals surface area (Å²) in [6.07, 6.45) is 0. The van der Waals surface area contributed by atoms with Crippen molar-refractivity contribution < 1.29 is 4.74 Å². The summed E-state index contributed by atoms with van der Waals surface area (Å²) < 4.78 is 5.78. The van der Waals surface area contributed by atoms with E-state index in [1.165, 1.54) is 10.9 Å². The highest BCUT2D eigenvalue weighted by Crippen LogP contribution is 2.33. The van der Waals surface area contributed by atoms with Crippen molar-refractivity contribution in [3.8, 4) is 0 Å². The van der Waals surface area contributed by atoms with Crippen molar-refractivity contribution in [3.05, 3.63) is 29.8 Å². The molecule has 1 aliphatic heterocycles. The van der Waals surface area contributed by atoms with E-state index in [1.54, 1.807) is 0 Å². The normalized spacial score (nSPS) is 19.9. The molecule has 0 aromatic heterocycles. The standard InChI is InChI=1S/C15H22NOP/c1-15(2,3)14-16-12(10-17-14)11-8-6-7-9-13(11)18(4)5/h6-9,12H,10H2,1-5H3/t12-/m1/s1. The van der Waals surface area contributed by atoms with Crippen molar-refractivity contribution in [1.82, 2.24) is 0 Å². The zero-order valence-corrected chi connectivity index (χ0v) is 12.8. The first-order valence-electron chi connectivity index (χ1n) is 6.37. The Morgan fingerprint density at radius 1 is 1.22 bits per heavy atom. The quantitative estimate of drug-likeness (QED) is 0.747. The molecule has 1 aromatic carbocycles. The van der Waals surface area contributed by atoms with Crippen LogP contribution in [0.5, 0.6) is 0 Å². The number of hydrogen-bond donors (Lipinski definition) is 0. The molecule has 18 heavy (non-hydrogen) atoms. The summed E-state index contributed by atoms with van der Waals surface area (Å²) in [5.74, 6) is 0.888. The van der Waals surface area contributed by atoms with Gasteiger partial charge in [-0.2, -0.15) is 0 Å². The smallest absolute Gasteiger partial charge is 0.189 e. The highest BCUT2D eigenvalue weighted by atomic mass is 31.1. The second-order valence-electron chi connectivity index (χ2n) is 5.96. The topological polar surface area (TPSA) is 21.6 Å². The van der Waals surface area contributed by atoms with Crippen LogP contribution in [-0.4, -0.2) is 25.8 Å². The van der Waals surface area contributed by atoms with Crippen LogP contribution >= 0.6 is 7.92 Å². The summed E-state index contributed by atoms with van der Waals surface area (Å²) in [7, 11) is -0.0997. The summed E-state index contributed by atoms with van der Waals surface area (Å²) >= 11 is 0. The zero-order valence-electron chi connectivity index (χ0n) is 11.9. The number of hydrogen-bond acceptors (Lipinski definition) is 2. The lowest BCUT2D eigenvalue weighted by molar-refractivity contribution is 0.283. The predicted octanol–water partition coefficient (Wildman–Crippen LogP) is 3.57. The average Bonchev–Trinajstić information content (AvgIpc) is 2.77. The number of nitrogens with zero attached hydrogens (tertiary/aromatic N) is 1. The molecule has 0 saturated heterocycles. The molecule has 0 fully saturated rings. The second kappa shape index (κ2) is 5.01. The molecule has 98 valence electrons. The fourth-order valence-electron chi connectivity index (χ4n) is 2.12. The molecule has 1 aromatic rings. The van der Waals surface area contributed by atoms with Gasteiger partial charge in [0, 0.05) is 5.41 Å². The minimum Gasteiger partial charge on any atom is -0.478 e. The Morgan fingerprint density at radius 3 is 2.44 bits per heavy atom. The number of benzene rings is 1. The molecule has 0 unspecified atom stereocenters. The van der Waals surface area contributed by atoms with Crippen molar-refractivity contribution in [3.63, 3.8) is 0 Å². The van der Waals surface area contributed by atoms with Crippen LogP contribution in [0.2, 0.25) is 0 Å². The number of aliphatic imine (C=N–C) groups is 1. The van der Waals surface area contributed by atoms with E-state index in [0.717, 1.165) is 5.90 Å². The van der Waals surface area contributed by atoms with Gasteiger partial charge >= 0.3 is 0 Å². The molecule has 2 rings (SSSR count). The van der Waals surface area contributed by atoms with Gasteiger partial charge in [0.05, 0.1) is 0 Å². The Bertz CT molecular complexity index is 460. The largest absolute Gasteiger partial charge is 0.478 e. The van der Waals surface area contributed by atoms with Gasteiger partial charge < -0.3 is 4.74 Å². The van der Waals surface area contributed by atoms with Gasteiger partial charge in [0.2, 0.25) is 0 Å². The second-order valence-corrected chi connectivity index (χ2v) is 8.23. The molecule has 0 aliphatic carbocycles. The first kappa shape index (κ1) is 13.5. The van der Waals surface area contributed by atoms with E-state index in [0.29, 0.717) is 6.61 Å². The third-order valence-corrected chi connectivity index (χ3v) is 4.44. The summed E-state index contributed by atoms with van der Waals surface area (Å²) in [6, 6.07) is 8.82. The maximum Gasteiger partial charge on any atom is 0.189 e. The molecule has 1 heterocycles. The monoisotopic (exact) mass is 263 g/mol. The minimum atomic E-state index is -0.0997. The average molecular weight is 263 g/mol. The van der Waals surface area contributed by atoms with Crippen molar-refractivity contribution in [2.45, 2.75) is 26.8 Å². The summed E-state index contributed by atoms with van der Waals surface area (Å²) in [4.78, 5) is 4.78. The molecule has 1 aliphatic rings. The Morgan fingerprint density at radius 2 is 1.89 bits per heavy atom. The van der Waals surface area contributed by atoms with Crippen molar-refractivity contribution in [2.24, 2.45) is 10.4 Å². The fraction of sp³-hybridized carbons (Fsp3) is 0.533. The van der Waals surface area contributed by atoms with Crippen LogP contribution in [0.25, 0.3) is 0 Å². The van der Waals surface area contributed by atoms with Gasteiger partial charge in [-0.1, -0.05) is 53.0 Å². The number of ether oxygens (including phenoxy) is 1. The molecular weight excluding hydrogens is 241 g/mol. The Hall–Kier alpha value is -0.880. The van der Waals surface area contributed by atoms with Crippen molar-refractivity contribution in [1.29, 1.82) is 0 Å². The third-order valence-electron chi connectivity index (χ3n) is 3.07. The van der Waals surface area contributed by atoms with E-state index in [1.807, 2.05) is 0 Å². The Kier molecular flexibility index (Phi) is 3.77. The molecule has 2 nitrogen and oxygen atoms in total. The lowest BCUT2D eigenvalue weighted by Gasteiger charge is -2.16. The zero-order chi connectivity index (χ0) is 13.3. The van der Waals surface area contributed by atoms with E-state index in [-0.39, 0.29) is 19.4 Å². The van der Waals surface area contributed by atoms with E-state index in [9.17, 15) is 0 Å². The van der Waals surface area contributed by atoms with Gasteiger partial charge in [0.25, 0.3) is 0 Å². The first-order valence-corrected chi connectivity index (χ1v) is 8.60. The van der Waals surface area contributed by atoms with E-state index >= 15 is 0 Å². The molecule has 0 spiro atoms. The molecule has 1 atom stereocenters. The Labute approximate surface area is 111 Å². The number of rotatable bonds is 2. The maximum absolute atomic E-state index is 5.78. The molecular formula is C15H22NOP. The SMILES string of the molecule is CP(C)c1ccccc1[C@H]1COC(C(C)(C)C)=N1. The van der Waals surface area contributed by atoms with Gasteiger partial charge in [0.15, 0.2) is 5.90 Å². The van der Waals surface area contributed by atoms with E-state index in [2.05, 4.69) is 58.4 Å². The van der Waals surface area contributed by atoms with Crippen LogP contribution in [-0.2, 0) is 4.74 Å². The van der Waals surface area contributed by atoms with Crippen LogP contribution in [0.3, 0.4) is 0 Å². The van der Waals surface area contributed by atoms with Crippen molar-refractivity contribution in [2.75, 3.05) is 19.9 Å². The van der Waals surface area contributed by atoms with Crippen LogP contribution in [0.4, 0.5) is 0 Å². The molecule has 0 N–H and O–H groups in total. The lowest BCUT2D eigenvalue weighted by atomic mass is 9.97. The summed E-state index contributed by atoms with van der Waals surface area (Å²) in [5.41, 5.74) is 1.35. The van der Waals surface area contributed by atoms with Crippen LogP contribution in [0, 0.1) is 5.41 Å². The van der Waals surface area contributed by atoms with E-state index in [4.69, 9.17) is 9.73 Å². The van der Waals surface area contributed by atoms with Gasteiger partial charge in [-0.25, -0.2) is 4.99 Å². The molecule has 0 radical (unpaired) electrons. The Balaban J connectivity index is 2.32. The van der Waals surface area contributed by atoms with Gasteiger partial charge in [-0.05, 0) is 24.2 Å². The minimum absolute atomic E-state index is 0.00680. The van der Waals surface area contributed by atoms with Crippen LogP contribution in [0.1, 0.15) is 32.4 Å². The highest BCUT2D eigenvalue weighted by Gasteiger charge is 2.30. The van der Waals surface area contributed by atoms with Gasteiger partial charge in [-0.15, -0.1) is 0 Å². The molecule has 0 saturated carbocycles.